The Morgan fingerprint density at radius 2 is 1.78 bits per heavy atom. The van der Waals surface area contributed by atoms with Crippen molar-refractivity contribution in [1.29, 1.82) is 0 Å². The molecule has 0 radical (unpaired) electrons. The van der Waals surface area contributed by atoms with Crippen molar-refractivity contribution < 1.29 is 13.2 Å². The van der Waals surface area contributed by atoms with Crippen LogP contribution in [0.2, 0.25) is 0 Å². The fourth-order valence-corrected chi connectivity index (χ4v) is 4.23. The maximum absolute atomic E-state index is 13.2. The number of aliphatic imine (C=N–C) groups is 1. The van der Waals surface area contributed by atoms with Gasteiger partial charge in [0.25, 0.3) is 15.6 Å². The highest BCUT2D eigenvalue weighted by molar-refractivity contribution is 7.92. The molecule has 0 amide bonds. The van der Waals surface area contributed by atoms with Crippen LogP contribution in [0.5, 0.6) is 5.75 Å². The lowest BCUT2D eigenvalue weighted by Gasteiger charge is -2.10. The Kier molecular flexibility index (Phi) is 5.49. The highest BCUT2D eigenvalue weighted by atomic mass is 32.2. The third kappa shape index (κ3) is 4.10. The van der Waals surface area contributed by atoms with Gasteiger partial charge in [-0.3, -0.25) is 9.52 Å². The van der Waals surface area contributed by atoms with Gasteiger partial charge in [0.05, 0.1) is 7.11 Å². The standard InChI is InChI=1S/C21H20N6O4S/c1-13-4-8-16(9-5-13)26-32(29,30)18-19(22-12-15-6-10-17(31-3)11-7-15)23-21-25-24-14(2)27(21)20(18)28/h4-12,26H,1-3H3,(H,23,25). The summed E-state index contributed by atoms with van der Waals surface area (Å²) < 4.78 is 35.1. The molecule has 0 aliphatic heterocycles. The van der Waals surface area contributed by atoms with Gasteiger partial charge in [0, 0.05) is 11.9 Å². The highest BCUT2D eigenvalue weighted by Gasteiger charge is 2.27. The molecule has 0 saturated heterocycles. The van der Waals surface area contributed by atoms with Gasteiger partial charge in [0.2, 0.25) is 5.78 Å². The molecule has 2 aromatic carbocycles. The monoisotopic (exact) mass is 452 g/mol. The van der Waals surface area contributed by atoms with E-state index in [0.717, 1.165) is 9.96 Å². The van der Waals surface area contributed by atoms with Crippen LogP contribution >= 0.6 is 0 Å². The van der Waals surface area contributed by atoms with Crippen molar-refractivity contribution in [3.63, 3.8) is 0 Å². The fourth-order valence-electron chi connectivity index (χ4n) is 3.03. The summed E-state index contributed by atoms with van der Waals surface area (Å²) in [5.41, 5.74) is 1.15. The quantitative estimate of drug-likeness (QED) is 0.432. The number of fused-ring (bicyclic) bond motifs is 1. The van der Waals surface area contributed by atoms with Gasteiger partial charge in [-0.25, -0.2) is 22.9 Å². The minimum atomic E-state index is -4.31. The summed E-state index contributed by atoms with van der Waals surface area (Å²) in [6.45, 7) is 3.45. The summed E-state index contributed by atoms with van der Waals surface area (Å²) >= 11 is 0. The van der Waals surface area contributed by atoms with E-state index in [1.165, 1.54) is 6.21 Å². The van der Waals surface area contributed by atoms with Gasteiger partial charge in [-0.05, 0) is 55.8 Å². The molecule has 0 spiro atoms. The summed E-state index contributed by atoms with van der Waals surface area (Å²) in [4.78, 5) is 21.0. The van der Waals surface area contributed by atoms with Crippen molar-refractivity contribution in [2.24, 2.45) is 4.99 Å². The zero-order valence-corrected chi connectivity index (χ0v) is 18.3. The van der Waals surface area contributed by atoms with Crippen molar-refractivity contribution in [3.05, 3.63) is 75.8 Å². The number of anilines is 1. The lowest BCUT2D eigenvalue weighted by atomic mass is 10.2. The number of aromatic amines is 1. The number of nitrogens with zero attached hydrogens (tertiary/aromatic N) is 4. The van der Waals surface area contributed by atoms with E-state index in [9.17, 15) is 13.2 Å². The first kappa shape index (κ1) is 21.2. The van der Waals surface area contributed by atoms with Crippen LogP contribution in [0.3, 0.4) is 0 Å². The molecule has 164 valence electrons. The predicted molar refractivity (Wildman–Crippen MR) is 121 cm³/mol. The minimum Gasteiger partial charge on any atom is -0.497 e. The minimum absolute atomic E-state index is 0.0867. The van der Waals surface area contributed by atoms with Crippen LogP contribution < -0.4 is 15.0 Å². The second kappa shape index (κ2) is 8.27. The van der Waals surface area contributed by atoms with Gasteiger partial charge in [-0.15, -0.1) is 0 Å². The molecule has 11 heteroatoms. The highest BCUT2D eigenvalue weighted by Crippen LogP contribution is 2.23. The summed E-state index contributed by atoms with van der Waals surface area (Å²) in [5, 5.41) is 6.56. The number of aryl methyl sites for hydroxylation is 2. The molecular weight excluding hydrogens is 432 g/mol. The summed E-state index contributed by atoms with van der Waals surface area (Å²) in [7, 11) is -2.75. The second-order valence-corrected chi connectivity index (χ2v) is 8.62. The molecule has 10 nitrogen and oxygen atoms in total. The second-order valence-electron chi connectivity index (χ2n) is 7.00. The molecule has 0 aliphatic carbocycles. The average Bonchev–Trinajstić information content (AvgIpc) is 3.14. The lowest BCUT2D eigenvalue weighted by Crippen LogP contribution is -2.27. The zero-order chi connectivity index (χ0) is 22.9. The van der Waals surface area contributed by atoms with E-state index in [-0.39, 0.29) is 17.4 Å². The van der Waals surface area contributed by atoms with Gasteiger partial charge in [0.15, 0.2) is 10.7 Å². The number of H-pyrrole nitrogens is 1. The Morgan fingerprint density at radius 1 is 1.09 bits per heavy atom. The van der Waals surface area contributed by atoms with E-state index in [4.69, 9.17) is 4.74 Å². The molecule has 4 rings (SSSR count). The molecule has 32 heavy (non-hydrogen) atoms. The first-order valence-corrected chi connectivity index (χ1v) is 11.0. The third-order valence-electron chi connectivity index (χ3n) is 4.69. The Bertz CT molecular complexity index is 1470. The normalized spacial score (nSPS) is 11.8. The number of methoxy groups -OCH3 is 1. The maximum Gasteiger partial charge on any atom is 0.283 e. The van der Waals surface area contributed by atoms with E-state index in [0.29, 0.717) is 17.0 Å². The summed E-state index contributed by atoms with van der Waals surface area (Å²) in [6.07, 6.45) is 1.42. The van der Waals surface area contributed by atoms with E-state index in [1.807, 2.05) is 6.92 Å². The lowest BCUT2D eigenvalue weighted by molar-refractivity contribution is 0.415. The SMILES string of the molecule is COc1ccc(C=Nc2nc3[nH]nc(C)n3c(=O)c2S(=O)(=O)Nc2ccc(C)cc2)cc1. The van der Waals surface area contributed by atoms with Gasteiger partial charge < -0.3 is 4.74 Å². The Hall–Kier alpha value is -3.99. The molecular formula is C21H20N6O4S. The molecule has 0 aliphatic rings. The molecule has 0 bridgehead atoms. The number of hydrogen-bond acceptors (Lipinski definition) is 7. The van der Waals surface area contributed by atoms with Crippen LogP contribution in [0.4, 0.5) is 11.5 Å². The molecule has 4 aromatic rings. The van der Waals surface area contributed by atoms with Crippen LogP contribution in [0.15, 0.2) is 63.2 Å². The Balaban J connectivity index is 1.84. The number of aromatic nitrogens is 4. The Morgan fingerprint density at radius 3 is 2.44 bits per heavy atom. The van der Waals surface area contributed by atoms with Gasteiger partial charge in [0.1, 0.15) is 11.6 Å². The summed E-state index contributed by atoms with van der Waals surface area (Å²) in [5.74, 6) is 0.770. The van der Waals surface area contributed by atoms with Crippen LogP contribution in [0.25, 0.3) is 5.78 Å². The molecule has 0 unspecified atom stereocenters. The van der Waals surface area contributed by atoms with E-state index in [1.54, 1.807) is 62.6 Å². The molecule has 0 fully saturated rings. The topological polar surface area (TPSA) is 131 Å². The summed E-state index contributed by atoms with van der Waals surface area (Å²) in [6, 6.07) is 13.7. The molecule has 0 atom stereocenters. The van der Waals surface area contributed by atoms with E-state index >= 15 is 0 Å². The Labute approximate surface area is 183 Å². The van der Waals surface area contributed by atoms with Crippen LogP contribution in [-0.2, 0) is 10.0 Å². The molecule has 2 heterocycles. The largest absolute Gasteiger partial charge is 0.497 e. The maximum atomic E-state index is 13.2. The van der Waals surface area contributed by atoms with Crippen LogP contribution in [0.1, 0.15) is 17.0 Å². The van der Waals surface area contributed by atoms with Crippen LogP contribution in [0, 0.1) is 13.8 Å². The predicted octanol–water partition coefficient (Wildman–Crippen LogP) is 2.59. The number of nitrogens with one attached hydrogen (secondary N) is 2. The smallest absolute Gasteiger partial charge is 0.283 e. The van der Waals surface area contributed by atoms with Crippen molar-refractivity contribution in [1.82, 2.24) is 19.6 Å². The van der Waals surface area contributed by atoms with Crippen molar-refractivity contribution in [3.8, 4) is 5.75 Å². The van der Waals surface area contributed by atoms with Crippen molar-refractivity contribution in [2.45, 2.75) is 18.7 Å². The van der Waals surface area contributed by atoms with Crippen LogP contribution in [-0.4, -0.2) is 41.3 Å². The van der Waals surface area contributed by atoms with Gasteiger partial charge in [-0.1, -0.05) is 17.7 Å². The van der Waals surface area contributed by atoms with Gasteiger partial charge in [-0.2, -0.15) is 10.1 Å². The zero-order valence-electron chi connectivity index (χ0n) is 17.5. The molecule has 0 saturated carbocycles. The number of ether oxygens (including phenoxy) is 1. The number of hydrogen-bond donors (Lipinski definition) is 2. The number of benzene rings is 2. The van der Waals surface area contributed by atoms with Gasteiger partial charge >= 0.3 is 0 Å². The van der Waals surface area contributed by atoms with E-state index < -0.39 is 20.5 Å². The van der Waals surface area contributed by atoms with Crippen molar-refractivity contribution >= 4 is 33.5 Å². The molecule has 2 N–H and O–H groups in total. The number of rotatable bonds is 6. The fraction of sp³-hybridized carbons (Fsp3) is 0.143. The van der Waals surface area contributed by atoms with Crippen molar-refractivity contribution in [2.75, 3.05) is 11.8 Å². The average molecular weight is 452 g/mol. The number of sulfonamides is 1. The van der Waals surface area contributed by atoms with E-state index in [2.05, 4.69) is 24.9 Å². The first-order chi connectivity index (χ1) is 15.3. The molecule has 2 aromatic heterocycles. The first-order valence-electron chi connectivity index (χ1n) is 9.54. The third-order valence-corrected chi connectivity index (χ3v) is 6.09.